The molecular weight excluding hydrogens is 484 g/mol. The number of hydrogen-bond donors (Lipinski definition) is 2. The van der Waals surface area contributed by atoms with Gasteiger partial charge in [-0.05, 0) is 34.6 Å². The molecule has 1 amide bonds. The summed E-state index contributed by atoms with van der Waals surface area (Å²) >= 11 is 0. The van der Waals surface area contributed by atoms with Crippen LogP contribution in [0.5, 0.6) is 0 Å². The van der Waals surface area contributed by atoms with Crippen molar-refractivity contribution in [1.29, 1.82) is 0 Å². The number of benzene rings is 4. The molecule has 0 aliphatic rings. The highest BCUT2D eigenvalue weighted by molar-refractivity contribution is 5.85. The lowest BCUT2D eigenvalue weighted by Crippen LogP contribution is -2.51. The molecule has 0 heterocycles. The van der Waals surface area contributed by atoms with Crippen molar-refractivity contribution >= 4 is 11.9 Å². The van der Waals surface area contributed by atoms with Crippen LogP contribution in [-0.2, 0) is 26.5 Å². The molecule has 0 spiro atoms. The molecule has 39 heavy (non-hydrogen) atoms. The van der Waals surface area contributed by atoms with Gasteiger partial charge in [0.15, 0.2) is 0 Å². The molecule has 4 aromatic carbocycles. The molecule has 4 aromatic rings. The van der Waals surface area contributed by atoms with Crippen molar-refractivity contribution in [3.8, 4) is 0 Å². The zero-order chi connectivity index (χ0) is 27.5. The highest BCUT2D eigenvalue weighted by Gasteiger charge is 2.36. The molecule has 2 N–H and O–H groups in total. The van der Waals surface area contributed by atoms with Gasteiger partial charge in [0.2, 0.25) is 5.91 Å². The number of nitrogens with one attached hydrogen (secondary N) is 2. The molecule has 0 saturated heterocycles. The average Bonchev–Trinajstić information content (AvgIpc) is 2.98. The van der Waals surface area contributed by atoms with Crippen molar-refractivity contribution in [2.24, 2.45) is 5.92 Å². The second-order valence-electron chi connectivity index (χ2n) is 10.0. The maximum absolute atomic E-state index is 13.4. The van der Waals surface area contributed by atoms with Crippen LogP contribution in [0.4, 0.5) is 0 Å². The van der Waals surface area contributed by atoms with E-state index >= 15 is 0 Å². The number of ether oxygens (including phenoxy) is 1. The first-order valence-corrected chi connectivity index (χ1v) is 13.4. The molecule has 0 unspecified atom stereocenters. The summed E-state index contributed by atoms with van der Waals surface area (Å²) in [4.78, 5) is 26.4. The van der Waals surface area contributed by atoms with Crippen molar-refractivity contribution in [2.75, 3.05) is 6.54 Å². The van der Waals surface area contributed by atoms with Crippen LogP contribution in [0.15, 0.2) is 121 Å². The Morgan fingerprint density at radius 3 is 1.56 bits per heavy atom. The maximum Gasteiger partial charge on any atom is 0.328 e. The summed E-state index contributed by atoms with van der Waals surface area (Å²) in [6.45, 7) is 4.21. The average molecular weight is 521 g/mol. The Bertz CT molecular complexity index is 1210. The monoisotopic (exact) mass is 520 g/mol. The van der Waals surface area contributed by atoms with Gasteiger partial charge >= 0.3 is 5.97 Å². The van der Waals surface area contributed by atoms with Crippen molar-refractivity contribution < 1.29 is 14.3 Å². The first-order chi connectivity index (χ1) is 19.0. The number of esters is 1. The largest absolute Gasteiger partial charge is 0.459 e. The minimum atomic E-state index is -0.775. The van der Waals surface area contributed by atoms with Crippen LogP contribution in [0.3, 0.4) is 0 Å². The highest BCUT2D eigenvalue weighted by atomic mass is 16.5. The van der Waals surface area contributed by atoms with E-state index in [4.69, 9.17) is 4.74 Å². The second kappa shape index (κ2) is 13.5. The van der Waals surface area contributed by atoms with E-state index in [1.807, 2.05) is 98.8 Å². The molecule has 4 rings (SSSR count). The van der Waals surface area contributed by atoms with Crippen LogP contribution >= 0.6 is 0 Å². The summed E-state index contributed by atoms with van der Waals surface area (Å²) in [6.07, 6.45) is 0.487. The van der Waals surface area contributed by atoms with Crippen LogP contribution in [-0.4, -0.2) is 24.5 Å². The van der Waals surface area contributed by atoms with E-state index in [-0.39, 0.29) is 25.0 Å². The molecule has 5 heteroatoms. The maximum atomic E-state index is 13.4. The quantitative estimate of drug-likeness (QED) is 0.182. The number of rotatable bonds is 12. The lowest BCUT2D eigenvalue weighted by Gasteiger charge is -2.37. The van der Waals surface area contributed by atoms with Gasteiger partial charge in [0.05, 0.1) is 12.1 Å². The fourth-order valence-corrected chi connectivity index (χ4v) is 4.84. The van der Waals surface area contributed by atoms with E-state index in [0.29, 0.717) is 6.42 Å². The normalized spacial score (nSPS) is 12.1. The zero-order valence-electron chi connectivity index (χ0n) is 22.5. The summed E-state index contributed by atoms with van der Waals surface area (Å²) in [5, 5.41) is 6.51. The number of carbonyl (C=O) groups is 2. The summed E-state index contributed by atoms with van der Waals surface area (Å²) in [5.74, 6) is -0.504. The molecule has 0 aromatic heterocycles. The molecule has 0 fully saturated rings. The molecule has 0 bridgehead atoms. The van der Waals surface area contributed by atoms with E-state index in [2.05, 4.69) is 47.0 Å². The van der Waals surface area contributed by atoms with Gasteiger partial charge < -0.3 is 10.1 Å². The number of carbonyl (C=O) groups excluding carboxylic acids is 2. The Morgan fingerprint density at radius 1 is 0.692 bits per heavy atom. The van der Waals surface area contributed by atoms with Crippen molar-refractivity contribution in [3.63, 3.8) is 0 Å². The van der Waals surface area contributed by atoms with E-state index in [9.17, 15) is 9.59 Å². The Balaban J connectivity index is 1.56. The Morgan fingerprint density at radius 2 is 1.13 bits per heavy atom. The summed E-state index contributed by atoms with van der Waals surface area (Å²) in [5.41, 5.74) is 3.16. The standard InChI is InChI=1S/C34H36N2O3/c1-26(2)23-31(33(38)39-25-27-15-7-3-8-16-27)36-32(37)24-35-34(28-17-9-4-10-18-28,29-19-11-5-12-20-29)30-21-13-6-14-22-30/h3-22,26,31,35H,23-25H2,1-2H3,(H,36,37)/t31-/m0/s1. The topological polar surface area (TPSA) is 67.4 Å². The molecule has 0 aliphatic carbocycles. The molecule has 0 aliphatic heterocycles. The van der Waals surface area contributed by atoms with Gasteiger partial charge in [0.25, 0.3) is 0 Å². The van der Waals surface area contributed by atoms with E-state index in [1.54, 1.807) is 0 Å². The predicted octanol–water partition coefficient (Wildman–Crippen LogP) is 5.84. The van der Waals surface area contributed by atoms with Crippen LogP contribution < -0.4 is 10.6 Å². The molecule has 0 radical (unpaired) electrons. The fraction of sp³-hybridized carbons (Fsp3) is 0.235. The zero-order valence-corrected chi connectivity index (χ0v) is 22.5. The number of hydrogen-bond acceptors (Lipinski definition) is 4. The Labute approximate surface area is 231 Å². The lowest BCUT2D eigenvalue weighted by atomic mass is 9.77. The molecule has 5 nitrogen and oxygen atoms in total. The molecular formula is C34H36N2O3. The fourth-order valence-electron chi connectivity index (χ4n) is 4.84. The van der Waals surface area contributed by atoms with Gasteiger partial charge in [-0.25, -0.2) is 4.79 Å². The smallest absolute Gasteiger partial charge is 0.328 e. The van der Waals surface area contributed by atoms with Crippen molar-refractivity contribution in [3.05, 3.63) is 144 Å². The van der Waals surface area contributed by atoms with E-state index < -0.39 is 17.6 Å². The third-order valence-corrected chi connectivity index (χ3v) is 6.69. The highest BCUT2D eigenvalue weighted by Crippen LogP contribution is 2.36. The Kier molecular flexibility index (Phi) is 9.65. The van der Waals surface area contributed by atoms with Gasteiger partial charge in [-0.15, -0.1) is 0 Å². The van der Waals surface area contributed by atoms with Crippen molar-refractivity contribution in [2.45, 2.75) is 38.5 Å². The SMILES string of the molecule is CC(C)C[C@H](NC(=O)CNC(c1ccccc1)(c1ccccc1)c1ccccc1)C(=O)OCc1ccccc1. The van der Waals surface area contributed by atoms with Crippen LogP contribution in [0.25, 0.3) is 0 Å². The first kappa shape index (κ1) is 27.8. The lowest BCUT2D eigenvalue weighted by molar-refractivity contribution is -0.149. The first-order valence-electron chi connectivity index (χ1n) is 13.4. The third-order valence-electron chi connectivity index (χ3n) is 6.69. The second-order valence-corrected chi connectivity index (χ2v) is 10.0. The van der Waals surface area contributed by atoms with Gasteiger partial charge in [-0.3, -0.25) is 10.1 Å². The van der Waals surface area contributed by atoms with Crippen LogP contribution in [0.1, 0.15) is 42.5 Å². The van der Waals surface area contributed by atoms with Gasteiger partial charge in [-0.1, -0.05) is 135 Å². The summed E-state index contributed by atoms with van der Waals surface area (Å²) in [6, 6.07) is 39.1. The molecule has 200 valence electrons. The minimum Gasteiger partial charge on any atom is -0.459 e. The van der Waals surface area contributed by atoms with Crippen LogP contribution in [0, 0.1) is 5.92 Å². The predicted molar refractivity (Wildman–Crippen MR) is 155 cm³/mol. The summed E-state index contributed by atoms with van der Waals surface area (Å²) < 4.78 is 5.57. The third kappa shape index (κ3) is 7.21. The van der Waals surface area contributed by atoms with Gasteiger partial charge in [0.1, 0.15) is 12.6 Å². The molecule has 0 saturated carbocycles. The van der Waals surface area contributed by atoms with E-state index in [0.717, 1.165) is 22.3 Å². The number of amides is 1. The van der Waals surface area contributed by atoms with Crippen LogP contribution in [0.2, 0.25) is 0 Å². The molecule has 1 atom stereocenters. The van der Waals surface area contributed by atoms with Crippen molar-refractivity contribution in [1.82, 2.24) is 10.6 Å². The minimum absolute atomic E-state index is 0.000751. The summed E-state index contributed by atoms with van der Waals surface area (Å²) in [7, 11) is 0. The van der Waals surface area contributed by atoms with Gasteiger partial charge in [0, 0.05) is 0 Å². The van der Waals surface area contributed by atoms with Gasteiger partial charge in [-0.2, -0.15) is 0 Å². The van der Waals surface area contributed by atoms with E-state index in [1.165, 1.54) is 0 Å². The Hall–Kier alpha value is -4.22.